The summed E-state index contributed by atoms with van der Waals surface area (Å²) in [6.45, 7) is 12.0. The van der Waals surface area contributed by atoms with Crippen molar-refractivity contribution in [3.63, 3.8) is 0 Å². The molecule has 0 radical (unpaired) electrons. The van der Waals surface area contributed by atoms with Gasteiger partial charge in [0.2, 0.25) is 5.95 Å². The Kier molecular flexibility index (Phi) is 5.64. The maximum absolute atomic E-state index is 12.7. The van der Waals surface area contributed by atoms with Gasteiger partial charge in [-0.3, -0.25) is 14.7 Å². The molecule has 1 N–H and O–H groups in total. The quantitative estimate of drug-likeness (QED) is 0.701. The van der Waals surface area contributed by atoms with Crippen molar-refractivity contribution in [1.82, 2.24) is 24.6 Å². The Morgan fingerprint density at radius 3 is 2.63 bits per heavy atom. The summed E-state index contributed by atoms with van der Waals surface area (Å²) in [5, 5.41) is 4.97. The van der Waals surface area contributed by atoms with Crippen molar-refractivity contribution >= 4 is 17.0 Å². The Bertz CT molecular complexity index is 1050. The Morgan fingerprint density at radius 1 is 1.17 bits per heavy atom. The maximum atomic E-state index is 12.7. The van der Waals surface area contributed by atoms with Gasteiger partial charge in [-0.25, -0.2) is 4.68 Å². The first-order chi connectivity index (χ1) is 14.4. The van der Waals surface area contributed by atoms with Crippen LogP contribution in [0.4, 0.5) is 5.95 Å². The van der Waals surface area contributed by atoms with Crippen molar-refractivity contribution < 1.29 is 0 Å². The SMILES string of the molecule is CCCC1CN(c2nc3c(cnn3C(C)(C)C)c(=O)[nH]2)CCN1Cc1ccccc1. The van der Waals surface area contributed by atoms with Crippen molar-refractivity contribution in [2.45, 2.75) is 58.7 Å². The van der Waals surface area contributed by atoms with E-state index in [1.807, 2.05) is 4.68 Å². The zero-order valence-corrected chi connectivity index (χ0v) is 18.4. The molecule has 0 aliphatic carbocycles. The molecule has 4 rings (SSSR count). The normalized spacial score (nSPS) is 18.3. The van der Waals surface area contributed by atoms with E-state index in [0.29, 0.717) is 23.0 Å². The number of hydrogen-bond donors (Lipinski definition) is 1. The third kappa shape index (κ3) is 4.12. The van der Waals surface area contributed by atoms with Crippen LogP contribution in [0.2, 0.25) is 0 Å². The van der Waals surface area contributed by atoms with Gasteiger partial charge in [0.05, 0.1) is 11.7 Å². The van der Waals surface area contributed by atoms with Gasteiger partial charge in [-0.2, -0.15) is 10.1 Å². The highest BCUT2D eigenvalue weighted by Gasteiger charge is 2.28. The van der Waals surface area contributed by atoms with Crippen LogP contribution in [0.25, 0.3) is 11.0 Å². The minimum Gasteiger partial charge on any atom is -0.339 e. The first kappa shape index (κ1) is 20.6. The van der Waals surface area contributed by atoms with E-state index in [1.165, 1.54) is 5.56 Å². The highest BCUT2D eigenvalue weighted by atomic mass is 16.1. The summed E-state index contributed by atoms with van der Waals surface area (Å²) in [7, 11) is 0. The van der Waals surface area contributed by atoms with E-state index < -0.39 is 0 Å². The number of anilines is 1. The van der Waals surface area contributed by atoms with Gasteiger partial charge < -0.3 is 4.90 Å². The summed E-state index contributed by atoms with van der Waals surface area (Å²) < 4.78 is 1.84. The largest absolute Gasteiger partial charge is 0.339 e. The molecule has 3 aromatic rings. The number of nitrogens with zero attached hydrogens (tertiary/aromatic N) is 5. The van der Waals surface area contributed by atoms with E-state index in [2.05, 4.69) is 77.9 Å². The molecule has 7 nitrogen and oxygen atoms in total. The fourth-order valence-electron chi connectivity index (χ4n) is 4.27. The lowest BCUT2D eigenvalue weighted by Crippen LogP contribution is -2.53. The molecule has 0 amide bonds. The van der Waals surface area contributed by atoms with Gasteiger partial charge in [-0.05, 0) is 32.8 Å². The van der Waals surface area contributed by atoms with Gasteiger partial charge in [0.15, 0.2) is 5.65 Å². The van der Waals surface area contributed by atoms with Crippen LogP contribution in [0.1, 0.15) is 46.1 Å². The highest BCUT2D eigenvalue weighted by Crippen LogP contribution is 2.23. The fourth-order valence-corrected chi connectivity index (χ4v) is 4.27. The molecule has 30 heavy (non-hydrogen) atoms. The lowest BCUT2D eigenvalue weighted by molar-refractivity contribution is 0.158. The molecule has 160 valence electrons. The summed E-state index contributed by atoms with van der Waals surface area (Å²) >= 11 is 0. The molecule has 0 spiro atoms. The second kappa shape index (κ2) is 8.22. The molecule has 1 aliphatic heterocycles. The summed E-state index contributed by atoms with van der Waals surface area (Å²) in [4.78, 5) is 25.3. The van der Waals surface area contributed by atoms with Crippen LogP contribution in [0.3, 0.4) is 0 Å². The number of aromatic nitrogens is 4. The monoisotopic (exact) mass is 408 g/mol. The van der Waals surface area contributed by atoms with Crippen molar-refractivity contribution in [3.8, 4) is 0 Å². The number of H-pyrrole nitrogens is 1. The van der Waals surface area contributed by atoms with Crippen molar-refractivity contribution in [3.05, 3.63) is 52.4 Å². The van der Waals surface area contributed by atoms with Gasteiger partial charge in [-0.1, -0.05) is 43.7 Å². The molecular formula is C23H32N6O. The topological polar surface area (TPSA) is 70.0 Å². The van der Waals surface area contributed by atoms with Crippen LogP contribution >= 0.6 is 0 Å². The second-order valence-electron chi connectivity index (χ2n) is 9.20. The minimum atomic E-state index is -0.237. The van der Waals surface area contributed by atoms with Gasteiger partial charge in [0.1, 0.15) is 5.39 Å². The third-order valence-electron chi connectivity index (χ3n) is 5.82. The average molecular weight is 409 g/mol. The predicted octanol–water partition coefficient (Wildman–Crippen LogP) is 3.37. The number of hydrogen-bond acceptors (Lipinski definition) is 5. The minimum absolute atomic E-state index is 0.121. The number of fused-ring (bicyclic) bond motifs is 1. The molecule has 7 heteroatoms. The molecule has 1 fully saturated rings. The van der Waals surface area contributed by atoms with Crippen molar-refractivity contribution in [1.29, 1.82) is 0 Å². The Balaban J connectivity index is 1.60. The van der Waals surface area contributed by atoms with Crippen LogP contribution in [-0.4, -0.2) is 50.3 Å². The molecule has 0 bridgehead atoms. The van der Waals surface area contributed by atoms with Crippen LogP contribution in [-0.2, 0) is 12.1 Å². The van der Waals surface area contributed by atoms with Crippen LogP contribution in [0.15, 0.2) is 41.3 Å². The molecule has 1 aromatic carbocycles. The number of aromatic amines is 1. The second-order valence-corrected chi connectivity index (χ2v) is 9.20. The van der Waals surface area contributed by atoms with Crippen molar-refractivity contribution in [2.24, 2.45) is 0 Å². The molecule has 0 saturated carbocycles. The Labute approximate surface area is 177 Å². The number of benzene rings is 1. The van der Waals surface area contributed by atoms with E-state index in [0.717, 1.165) is 39.0 Å². The van der Waals surface area contributed by atoms with Crippen molar-refractivity contribution in [2.75, 3.05) is 24.5 Å². The van der Waals surface area contributed by atoms with E-state index in [1.54, 1.807) is 6.20 Å². The Hall–Kier alpha value is -2.67. The molecule has 3 heterocycles. The first-order valence-corrected chi connectivity index (χ1v) is 10.9. The lowest BCUT2D eigenvalue weighted by atomic mass is 10.1. The molecule has 1 unspecified atom stereocenters. The maximum Gasteiger partial charge on any atom is 0.263 e. The number of rotatable bonds is 5. The summed E-state index contributed by atoms with van der Waals surface area (Å²) in [6.07, 6.45) is 3.87. The molecular weight excluding hydrogens is 376 g/mol. The van der Waals surface area contributed by atoms with Crippen LogP contribution < -0.4 is 10.5 Å². The van der Waals surface area contributed by atoms with Crippen LogP contribution in [0.5, 0.6) is 0 Å². The highest BCUT2D eigenvalue weighted by molar-refractivity contribution is 5.74. The zero-order chi connectivity index (χ0) is 21.3. The standard InChI is InChI=1S/C23H32N6O/c1-5-9-18-16-28(13-12-27(18)15-17-10-7-6-8-11-17)22-25-20-19(21(30)26-22)14-24-29(20)23(2,3)4/h6-8,10-11,14,18H,5,9,12-13,15-16H2,1-4H3,(H,25,26,30). The zero-order valence-electron chi connectivity index (χ0n) is 18.4. The van der Waals surface area contributed by atoms with Crippen LogP contribution in [0, 0.1) is 0 Å². The van der Waals surface area contributed by atoms with Gasteiger partial charge >= 0.3 is 0 Å². The lowest BCUT2D eigenvalue weighted by Gasteiger charge is -2.41. The Morgan fingerprint density at radius 2 is 1.93 bits per heavy atom. The predicted molar refractivity (Wildman–Crippen MR) is 121 cm³/mol. The summed E-state index contributed by atoms with van der Waals surface area (Å²) in [5.74, 6) is 0.652. The molecule has 1 saturated heterocycles. The third-order valence-corrected chi connectivity index (χ3v) is 5.82. The smallest absolute Gasteiger partial charge is 0.263 e. The van der Waals surface area contributed by atoms with Gasteiger partial charge in [0, 0.05) is 32.2 Å². The van der Waals surface area contributed by atoms with E-state index in [4.69, 9.17) is 4.98 Å². The molecule has 1 aliphatic rings. The molecule has 2 aromatic heterocycles. The summed E-state index contributed by atoms with van der Waals surface area (Å²) in [5.41, 5.74) is 1.64. The van der Waals surface area contributed by atoms with E-state index in [9.17, 15) is 4.79 Å². The number of piperazine rings is 1. The average Bonchev–Trinajstić information content (AvgIpc) is 3.15. The van der Waals surface area contributed by atoms with Gasteiger partial charge in [-0.15, -0.1) is 0 Å². The fraction of sp³-hybridized carbons (Fsp3) is 0.522. The molecule has 1 atom stereocenters. The summed E-state index contributed by atoms with van der Waals surface area (Å²) in [6, 6.07) is 11.1. The van der Waals surface area contributed by atoms with E-state index >= 15 is 0 Å². The number of nitrogens with one attached hydrogen (secondary N) is 1. The van der Waals surface area contributed by atoms with E-state index in [-0.39, 0.29) is 11.1 Å². The first-order valence-electron chi connectivity index (χ1n) is 10.9. The van der Waals surface area contributed by atoms with Gasteiger partial charge in [0.25, 0.3) is 5.56 Å².